The number of hydrogen-bond acceptors (Lipinski definition) is 4. The molecule has 0 amide bonds. The summed E-state index contributed by atoms with van der Waals surface area (Å²) in [6.45, 7) is 0. The van der Waals surface area contributed by atoms with Gasteiger partial charge in [0.1, 0.15) is 23.2 Å². The van der Waals surface area contributed by atoms with Crippen LogP contribution in [0.3, 0.4) is 0 Å². The molecule has 2 aromatic carbocycles. The summed E-state index contributed by atoms with van der Waals surface area (Å²) in [5.74, 6) is -0.0556. The normalized spacial score (nSPS) is 20.1. The zero-order valence-corrected chi connectivity index (χ0v) is 12.0. The van der Waals surface area contributed by atoms with Gasteiger partial charge in [-0.2, -0.15) is 0 Å². The first kappa shape index (κ1) is 13.9. The highest BCUT2D eigenvalue weighted by atomic mass is 35.5. The van der Waals surface area contributed by atoms with Gasteiger partial charge in [-0.05, 0) is 29.8 Å². The Labute approximate surface area is 126 Å². The van der Waals surface area contributed by atoms with Gasteiger partial charge in [0.05, 0.1) is 7.11 Å². The van der Waals surface area contributed by atoms with Crippen LogP contribution in [-0.4, -0.2) is 24.1 Å². The van der Waals surface area contributed by atoms with E-state index < -0.39 is 6.10 Å². The number of carbonyl (C=O) groups excluding carboxylic acids is 1. The zero-order valence-electron chi connectivity index (χ0n) is 11.2. The topological polar surface area (TPSA) is 59.1 Å². The van der Waals surface area contributed by atoms with Gasteiger partial charge < -0.3 is 14.6 Å². The van der Waals surface area contributed by atoms with Crippen LogP contribution in [-0.2, 0) is 4.74 Å². The van der Waals surface area contributed by atoms with E-state index in [1.807, 2.05) is 12.1 Å². The molecule has 0 radical (unpaired) electrons. The van der Waals surface area contributed by atoms with E-state index in [9.17, 15) is 9.90 Å². The number of epoxide rings is 1. The van der Waals surface area contributed by atoms with Crippen molar-refractivity contribution in [2.24, 2.45) is 0 Å². The van der Waals surface area contributed by atoms with E-state index in [2.05, 4.69) is 0 Å². The Bertz CT molecular complexity index is 681. The van der Waals surface area contributed by atoms with E-state index in [0.717, 1.165) is 5.56 Å². The molecule has 0 saturated carbocycles. The summed E-state index contributed by atoms with van der Waals surface area (Å²) in [5, 5.41) is 10.5. The average Bonchev–Trinajstić information content (AvgIpc) is 3.27. The summed E-state index contributed by atoms with van der Waals surface area (Å²) in [5.41, 5.74) is 1.04. The van der Waals surface area contributed by atoms with Crippen molar-refractivity contribution in [3.05, 3.63) is 58.6 Å². The lowest BCUT2D eigenvalue weighted by Crippen LogP contribution is -2.10. The minimum Gasteiger partial charge on any atom is -0.507 e. The lowest BCUT2D eigenvalue weighted by molar-refractivity contribution is 0.0948. The fraction of sp³-hybridized carbons (Fsp3) is 0.188. The number of benzene rings is 2. The van der Waals surface area contributed by atoms with Gasteiger partial charge in [-0.3, -0.25) is 4.79 Å². The number of methoxy groups -OCH3 is 1. The maximum atomic E-state index is 12.5. The van der Waals surface area contributed by atoms with Gasteiger partial charge in [-0.15, -0.1) is 0 Å². The number of ketones is 1. The van der Waals surface area contributed by atoms with Crippen LogP contribution in [0.25, 0.3) is 0 Å². The highest BCUT2D eigenvalue weighted by molar-refractivity contribution is 6.30. The lowest BCUT2D eigenvalue weighted by Gasteiger charge is -2.07. The number of phenolic OH excluding ortho intramolecular Hbond substituents is 1. The molecule has 5 heteroatoms. The Kier molecular flexibility index (Phi) is 3.57. The number of ether oxygens (including phenoxy) is 2. The third kappa shape index (κ3) is 2.60. The first-order chi connectivity index (χ1) is 10.1. The van der Waals surface area contributed by atoms with Gasteiger partial charge in [0, 0.05) is 5.02 Å². The second kappa shape index (κ2) is 5.39. The minimum atomic E-state index is -0.603. The van der Waals surface area contributed by atoms with Crippen LogP contribution in [0.5, 0.6) is 11.5 Å². The highest BCUT2D eigenvalue weighted by Crippen LogP contribution is 2.43. The van der Waals surface area contributed by atoms with Gasteiger partial charge >= 0.3 is 0 Å². The molecule has 1 N–H and O–H groups in total. The smallest absolute Gasteiger partial charge is 0.202 e. The largest absolute Gasteiger partial charge is 0.507 e. The molecule has 4 nitrogen and oxygen atoms in total. The van der Waals surface area contributed by atoms with Gasteiger partial charge in [0.25, 0.3) is 0 Å². The Morgan fingerprint density at radius 3 is 2.62 bits per heavy atom. The Morgan fingerprint density at radius 2 is 1.95 bits per heavy atom. The number of carbonyl (C=O) groups is 1. The van der Waals surface area contributed by atoms with Crippen LogP contribution in [0.4, 0.5) is 0 Å². The van der Waals surface area contributed by atoms with Gasteiger partial charge in [-0.25, -0.2) is 0 Å². The van der Waals surface area contributed by atoms with Gasteiger partial charge in [0.15, 0.2) is 6.10 Å². The Morgan fingerprint density at radius 1 is 1.24 bits per heavy atom. The molecule has 1 aliphatic heterocycles. The van der Waals surface area contributed by atoms with Crippen molar-refractivity contribution in [3.8, 4) is 11.5 Å². The molecule has 2 aromatic rings. The minimum absolute atomic E-state index is 0.107. The van der Waals surface area contributed by atoms with E-state index in [1.165, 1.54) is 13.2 Å². The molecule has 21 heavy (non-hydrogen) atoms. The second-order valence-corrected chi connectivity index (χ2v) is 5.18. The van der Waals surface area contributed by atoms with E-state index >= 15 is 0 Å². The van der Waals surface area contributed by atoms with Crippen LogP contribution in [0.15, 0.2) is 42.5 Å². The van der Waals surface area contributed by atoms with E-state index in [4.69, 9.17) is 21.1 Å². The molecule has 0 bridgehead atoms. The van der Waals surface area contributed by atoms with Gasteiger partial charge in [-0.1, -0.05) is 29.8 Å². The summed E-state index contributed by atoms with van der Waals surface area (Å²) in [4.78, 5) is 12.5. The van der Waals surface area contributed by atoms with Crippen LogP contribution < -0.4 is 4.74 Å². The monoisotopic (exact) mass is 304 g/mol. The van der Waals surface area contributed by atoms with Crippen molar-refractivity contribution in [1.82, 2.24) is 0 Å². The maximum absolute atomic E-state index is 12.5. The number of aromatic hydroxyl groups is 1. The SMILES string of the molecule is COc1cccc(O)c1C(=O)[C@H]1O[C@@H]1c1ccc(Cl)cc1. The van der Waals surface area contributed by atoms with Crippen molar-refractivity contribution < 1.29 is 19.4 Å². The third-order valence-corrected chi connectivity index (χ3v) is 3.67. The molecule has 0 unspecified atom stereocenters. The first-order valence-electron chi connectivity index (χ1n) is 6.43. The molecule has 0 aliphatic carbocycles. The molecule has 1 fully saturated rings. The molecular formula is C16H13ClO4. The summed E-state index contributed by atoms with van der Waals surface area (Å²) in [6, 6.07) is 11.9. The summed E-state index contributed by atoms with van der Waals surface area (Å²) >= 11 is 5.83. The number of halogens is 1. The van der Waals surface area contributed by atoms with E-state index in [-0.39, 0.29) is 23.2 Å². The van der Waals surface area contributed by atoms with Crippen molar-refractivity contribution in [3.63, 3.8) is 0 Å². The molecule has 0 aromatic heterocycles. The molecule has 1 heterocycles. The van der Waals surface area contributed by atoms with Crippen molar-refractivity contribution in [2.45, 2.75) is 12.2 Å². The number of phenols is 1. The second-order valence-electron chi connectivity index (χ2n) is 4.75. The van der Waals surface area contributed by atoms with Crippen LogP contribution in [0.2, 0.25) is 5.02 Å². The fourth-order valence-corrected chi connectivity index (χ4v) is 2.42. The third-order valence-electron chi connectivity index (χ3n) is 3.42. The number of rotatable bonds is 4. The van der Waals surface area contributed by atoms with Crippen LogP contribution in [0, 0.1) is 0 Å². The van der Waals surface area contributed by atoms with Gasteiger partial charge in [0.2, 0.25) is 5.78 Å². The molecular weight excluding hydrogens is 292 g/mol. The fourth-order valence-electron chi connectivity index (χ4n) is 2.30. The van der Waals surface area contributed by atoms with Crippen molar-refractivity contribution in [2.75, 3.05) is 7.11 Å². The summed E-state index contributed by atoms with van der Waals surface area (Å²) in [6.07, 6.45) is -0.910. The van der Waals surface area contributed by atoms with E-state index in [0.29, 0.717) is 10.8 Å². The summed E-state index contributed by atoms with van der Waals surface area (Å²) in [7, 11) is 1.45. The number of Topliss-reactive ketones (excluding diaryl/α,β-unsaturated/α-hetero) is 1. The predicted octanol–water partition coefficient (Wildman–Crippen LogP) is 3.38. The highest BCUT2D eigenvalue weighted by Gasteiger charge is 2.47. The standard InChI is InChI=1S/C16H13ClO4/c1-20-12-4-2-3-11(18)13(12)14(19)16-15(21-16)9-5-7-10(17)8-6-9/h2-8,15-16,18H,1H3/t15-,16-/m1/s1. The molecule has 108 valence electrons. The van der Waals surface area contributed by atoms with Crippen LogP contribution in [0.1, 0.15) is 22.0 Å². The quantitative estimate of drug-likeness (QED) is 0.695. The lowest BCUT2D eigenvalue weighted by atomic mass is 10.0. The molecule has 3 rings (SSSR count). The predicted molar refractivity (Wildman–Crippen MR) is 78.1 cm³/mol. The zero-order chi connectivity index (χ0) is 15.0. The molecule has 2 atom stereocenters. The Hall–Kier alpha value is -2.04. The first-order valence-corrected chi connectivity index (χ1v) is 6.80. The molecule has 1 aliphatic rings. The molecule has 1 saturated heterocycles. The van der Waals surface area contributed by atoms with Crippen molar-refractivity contribution >= 4 is 17.4 Å². The van der Waals surface area contributed by atoms with E-state index in [1.54, 1.807) is 24.3 Å². The Balaban J connectivity index is 1.84. The maximum Gasteiger partial charge on any atom is 0.202 e. The average molecular weight is 305 g/mol. The van der Waals surface area contributed by atoms with Crippen molar-refractivity contribution in [1.29, 1.82) is 0 Å². The van der Waals surface area contributed by atoms with Crippen LogP contribution >= 0.6 is 11.6 Å². The number of hydrogen-bond donors (Lipinski definition) is 1. The summed E-state index contributed by atoms with van der Waals surface area (Å²) < 4.78 is 10.6. The molecule has 0 spiro atoms.